The van der Waals surface area contributed by atoms with Crippen LogP contribution in [0.3, 0.4) is 0 Å². The van der Waals surface area contributed by atoms with Crippen molar-refractivity contribution in [3.63, 3.8) is 0 Å². The van der Waals surface area contributed by atoms with Crippen molar-refractivity contribution in [2.45, 2.75) is 6.18 Å². The summed E-state index contributed by atoms with van der Waals surface area (Å²) in [6, 6.07) is 5.32. The summed E-state index contributed by atoms with van der Waals surface area (Å²) in [4.78, 5) is 6.69. The quantitative estimate of drug-likeness (QED) is 0.859. The van der Waals surface area contributed by atoms with Crippen molar-refractivity contribution in [3.05, 3.63) is 39.5 Å². The topological polar surface area (TPSA) is 61.0 Å². The Morgan fingerprint density at radius 3 is 2.55 bits per heavy atom. The minimum atomic E-state index is -4.64. The number of ether oxygens (including phenoxy) is 1. The van der Waals surface area contributed by atoms with Crippen LogP contribution in [0.4, 0.5) is 19.1 Å². The molecule has 2 aromatic rings. The Hall–Kier alpha value is -1.54. The molecule has 0 saturated heterocycles. The van der Waals surface area contributed by atoms with Crippen LogP contribution in [0.15, 0.2) is 28.7 Å². The van der Waals surface area contributed by atoms with Gasteiger partial charge in [-0.05, 0) is 18.2 Å². The van der Waals surface area contributed by atoms with Crippen LogP contribution < -0.4 is 10.5 Å². The van der Waals surface area contributed by atoms with Crippen molar-refractivity contribution in [2.24, 2.45) is 0 Å². The molecule has 4 nitrogen and oxygen atoms in total. The lowest BCUT2D eigenvalue weighted by Gasteiger charge is -2.10. The Kier molecular flexibility index (Phi) is 4.05. The first kappa shape index (κ1) is 14.9. The van der Waals surface area contributed by atoms with E-state index < -0.39 is 17.8 Å². The van der Waals surface area contributed by atoms with Gasteiger partial charge in [-0.15, -0.1) is 0 Å². The third-order valence-electron chi connectivity index (χ3n) is 2.12. The van der Waals surface area contributed by atoms with Crippen molar-refractivity contribution >= 4 is 33.5 Å². The maximum absolute atomic E-state index is 12.6. The van der Waals surface area contributed by atoms with E-state index in [-0.39, 0.29) is 16.7 Å². The lowest BCUT2D eigenvalue weighted by atomic mass is 10.3. The number of anilines is 1. The number of nitrogens with two attached hydrogens (primary N) is 1. The van der Waals surface area contributed by atoms with Crippen molar-refractivity contribution in [2.75, 3.05) is 5.73 Å². The first-order chi connectivity index (χ1) is 9.25. The van der Waals surface area contributed by atoms with Gasteiger partial charge in [0.2, 0.25) is 11.8 Å². The molecule has 1 aromatic heterocycles. The van der Waals surface area contributed by atoms with E-state index in [9.17, 15) is 13.2 Å². The molecular weight excluding hydrogens is 362 g/mol. The highest BCUT2D eigenvalue weighted by molar-refractivity contribution is 9.10. The van der Waals surface area contributed by atoms with Gasteiger partial charge in [0.25, 0.3) is 0 Å². The van der Waals surface area contributed by atoms with Crippen molar-refractivity contribution in [1.29, 1.82) is 0 Å². The third-order valence-corrected chi connectivity index (χ3v) is 2.92. The molecule has 0 fully saturated rings. The number of benzene rings is 1. The van der Waals surface area contributed by atoms with Gasteiger partial charge in [-0.25, -0.2) is 4.98 Å². The van der Waals surface area contributed by atoms with E-state index in [1.165, 1.54) is 12.1 Å². The predicted molar refractivity (Wildman–Crippen MR) is 70.7 cm³/mol. The highest BCUT2D eigenvalue weighted by atomic mass is 79.9. The fraction of sp³-hybridized carbons (Fsp3) is 0.0909. The van der Waals surface area contributed by atoms with E-state index in [0.29, 0.717) is 10.5 Å². The van der Waals surface area contributed by atoms with E-state index in [2.05, 4.69) is 25.9 Å². The molecule has 20 heavy (non-hydrogen) atoms. The van der Waals surface area contributed by atoms with Gasteiger partial charge >= 0.3 is 6.18 Å². The van der Waals surface area contributed by atoms with Crippen molar-refractivity contribution in [1.82, 2.24) is 9.97 Å². The molecule has 1 aromatic carbocycles. The number of halogens is 5. The standard InChI is InChI=1S/C11H6BrClF3N3O/c12-5-1-2-6(13)7(3-5)20-9-4-8(11(14,15)16)18-10(17)19-9/h1-4H,(H2,17,18,19). The fourth-order valence-electron chi connectivity index (χ4n) is 1.31. The van der Waals surface area contributed by atoms with Crippen LogP contribution in [0.1, 0.15) is 5.69 Å². The minimum Gasteiger partial charge on any atom is -0.437 e. The summed E-state index contributed by atoms with van der Waals surface area (Å²) in [5, 5.41) is 0.221. The predicted octanol–water partition coefficient (Wildman–Crippen LogP) is 4.29. The Morgan fingerprint density at radius 1 is 1.20 bits per heavy atom. The van der Waals surface area contributed by atoms with E-state index in [1.807, 2.05) is 0 Å². The summed E-state index contributed by atoms with van der Waals surface area (Å²) >= 11 is 9.07. The van der Waals surface area contributed by atoms with E-state index in [1.54, 1.807) is 6.07 Å². The summed E-state index contributed by atoms with van der Waals surface area (Å²) in [5.41, 5.74) is 4.04. The summed E-state index contributed by atoms with van der Waals surface area (Å²) < 4.78 is 43.6. The van der Waals surface area contributed by atoms with Gasteiger partial charge in [0.05, 0.1) is 5.02 Å². The molecule has 0 bridgehead atoms. The lowest BCUT2D eigenvalue weighted by Crippen LogP contribution is -2.11. The first-order valence-electron chi connectivity index (χ1n) is 5.10. The van der Waals surface area contributed by atoms with Gasteiger partial charge in [0.15, 0.2) is 5.69 Å². The maximum Gasteiger partial charge on any atom is 0.433 e. The molecule has 0 unspecified atom stereocenters. The summed E-state index contributed by atoms with van der Waals surface area (Å²) in [5.74, 6) is -0.738. The smallest absolute Gasteiger partial charge is 0.433 e. The van der Waals surface area contributed by atoms with E-state index in [0.717, 1.165) is 0 Å². The molecule has 0 atom stereocenters. The van der Waals surface area contributed by atoms with Crippen molar-refractivity contribution in [3.8, 4) is 11.6 Å². The number of hydrogen-bond donors (Lipinski definition) is 1. The van der Waals surface area contributed by atoms with Crippen LogP contribution in [0, 0.1) is 0 Å². The molecule has 0 radical (unpaired) electrons. The van der Waals surface area contributed by atoms with E-state index in [4.69, 9.17) is 22.1 Å². The number of rotatable bonds is 2. The van der Waals surface area contributed by atoms with Crippen LogP contribution >= 0.6 is 27.5 Å². The zero-order valence-corrected chi connectivity index (χ0v) is 11.9. The number of nitrogen functional groups attached to an aromatic ring is 1. The summed E-state index contributed by atoms with van der Waals surface area (Å²) in [6.45, 7) is 0. The molecule has 0 aliphatic rings. The molecule has 0 saturated carbocycles. The SMILES string of the molecule is Nc1nc(Oc2cc(Br)ccc2Cl)cc(C(F)(F)F)n1. The average molecular weight is 369 g/mol. The maximum atomic E-state index is 12.6. The van der Waals surface area contributed by atoms with Gasteiger partial charge in [-0.3, -0.25) is 0 Å². The molecule has 1 heterocycles. The molecule has 9 heteroatoms. The summed E-state index contributed by atoms with van der Waals surface area (Å²) in [7, 11) is 0. The second kappa shape index (κ2) is 5.45. The van der Waals surface area contributed by atoms with Crippen molar-refractivity contribution < 1.29 is 17.9 Å². The second-order valence-corrected chi connectivity index (χ2v) is 4.95. The molecule has 2 N–H and O–H groups in total. The molecule has 2 rings (SSSR count). The Morgan fingerprint density at radius 2 is 1.90 bits per heavy atom. The van der Waals surface area contributed by atoms with Crippen LogP contribution in [0.2, 0.25) is 5.02 Å². The van der Waals surface area contributed by atoms with Gasteiger partial charge in [-0.2, -0.15) is 18.2 Å². The lowest BCUT2D eigenvalue weighted by molar-refractivity contribution is -0.141. The first-order valence-corrected chi connectivity index (χ1v) is 6.27. The van der Waals surface area contributed by atoms with Crippen LogP contribution in [-0.2, 0) is 6.18 Å². The monoisotopic (exact) mass is 367 g/mol. The molecule has 0 aliphatic carbocycles. The van der Waals surface area contributed by atoms with Crippen LogP contribution in [0.25, 0.3) is 0 Å². The zero-order chi connectivity index (χ0) is 14.9. The van der Waals surface area contributed by atoms with Gasteiger partial charge in [-0.1, -0.05) is 27.5 Å². The second-order valence-electron chi connectivity index (χ2n) is 3.62. The van der Waals surface area contributed by atoms with E-state index >= 15 is 0 Å². The minimum absolute atomic E-state index is 0.146. The van der Waals surface area contributed by atoms with Gasteiger partial charge in [0, 0.05) is 10.5 Å². The Bertz CT molecular complexity index is 651. The normalized spacial score (nSPS) is 11.4. The average Bonchev–Trinajstić information content (AvgIpc) is 2.32. The van der Waals surface area contributed by atoms with Crippen LogP contribution in [0.5, 0.6) is 11.6 Å². The highest BCUT2D eigenvalue weighted by Gasteiger charge is 2.33. The third kappa shape index (κ3) is 3.51. The fourth-order valence-corrected chi connectivity index (χ4v) is 1.80. The number of nitrogens with zero attached hydrogens (tertiary/aromatic N) is 2. The molecule has 106 valence electrons. The Labute approximate surface area is 124 Å². The molecule has 0 aliphatic heterocycles. The molecule has 0 spiro atoms. The summed E-state index contributed by atoms with van der Waals surface area (Å²) in [6.07, 6.45) is -4.64. The number of alkyl halides is 3. The number of aromatic nitrogens is 2. The molecule has 0 amide bonds. The Balaban J connectivity index is 2.39. The van der Waals surface area contributed by atoms with Gasteiger partial charge in [0.1, 0.15) is 5.75 Å². The highest BCUT2D eigenvalue weighted by Crippen LogP contribution is 2.34. The zero-order valence-electron chi connectivity index (χ0n) is 9.58. The van der Waals surface area contributed by atoms with Crippen LogP contribution in [-0.4, -0.2) is 9.97 Å². The van der Waals surface area contributed by atoms with Gasteiger partial charge < -0.3 is 10.5 Å². The largest absolute Gasteiger partial charge is 0.437 e. The molecular formula is C11H6BrClF3N3O. The number of hydrogen-bond acceptors (Lipinski definition) is 4.